The van der Waals surface area contributed by atoms with Crippen molar-refractivity contribution in [1.82, 2.24) is 0 Å². The summed E-state index contributed by atoms with van der Waals surface area (Å²) in [6, 6.07) is 0. The molecule has 20 atom stereocenters. The Morgan fingerprint density at radius 1 is 0.724 bits per heavy atom. The topological polar surface area (TPSA) is 273 Å². The van der Waals surface area contributed by atoms with Crippen LogP contribution in [0.5, 0.6) is 0 Å². The Balaban J connectivity index is 1.21. The van der Waals surface area contributed by atoms with Crippen LogP contribution in [0.3, 0.4) is 0 Å². The van der Waals surface area contributed by atoms with E-state index in [9.17, 15) is 60.7 Å². The number of esters is 1. The van der Waals surface area contributed by atoms with Crippen molar-refractivity contribution in [3.05, 3.63) is 11.6 Å². The molecule has 6 fully saturated rings. The second-order valence-corrected chi connectivity index (χ2v) is 20.6. The first-order chi connectivity index (χ1) is 27.0. The van der Waals surface area contributed by atoms with Crippen LogP contribution in [0.15, 0.2) is 11.6 Å². The first-order valence-electron chi connectivity index (χ1n) is 21.1. The summed E-state index contributed by atoms with van der Waals surface area (Å²) in [7, 11) is 0. The zero-order chi connectivity index (χ0) is 42.7. The van der Waals surface area contributed by atoms with Gasteiger partial charge in [0.05, 0.1) is 30.1 Å². The van der Waals surface area contributed by atoms with Gasteiger partial charge in [-0.3, -0.25) is 9.59 Å². The van der Waals surface area contributed by atoms with Crippen molar-refractivity contribution in [3.63, 3.8) is 0 Å². The van der Waals surface area contributed by atoms with E-state index in [-0.39, 0.29) is 23.7 Å². The quantitative estimate of drug-likeness (QED) is 0.0943. The molecule has 0 bridgehead atoms. The maximum absolute atomic E-state index is 14.6. The molecule has 0 aromatic carbocycles. The Kier molecular flexibility index (Phi) is 11.4. The molecule has 0 radical (unpaired) electrons. The summed E-state index contributed by atoms with van der Waals surface area (Å²) in [6.07, 6.45) is -11.5. The molecule has 330 valence electrons. The number of rotatable bonds is 7. The van der Waals surface area contributed by atoms with Gasteiger partial charge in [-0.05, 0) is 104 Å². The molecular weight excluding hydrogens is 760 g/mol. The number of hydrogen-bond acceptors (Lipinski definition) is 15. The van der Waals surface area contributed by atoms with Crippen molar-refractivity contribution in [2.24, 2.45) is 50.2 Å². The molecule has 16 heteroatoms. The number of carboxylic acid groups (broad SMARTS) is 1. The van der Waals surface area contributed by atoms with E-state index in [0.717, 1.165) is 12.0 Å². The van der Waals surface area contributed by atoms with Gasteiger partial charge in [0.2, 0.25) is 6.29 Å². The standard InChI is InChI=1S/C42H66O16/c1-37(2)11-13-42(36(54)58-34-31(51)29(49)27(47)23(18-44)56-34)14-12-39(4)19(20(42)15-37)7-8-24-38(3)16-21(45)32(41(6,35(52)53)25(38)9-10-40(24,39)5)57-33-30(50)28(48)26(46)22(17-43)55-33/h7,20-34,43-51H,8-18H2,1-6H3,(H,52,53)/t20?,21-,22?,23?,24?,25?,26?,27?,28?,29?,30?,31?,32-,33?,34?,38+,39?,40+,41-,42-/m0/s1. The van der Waals surface area contributed by atoms with Crippen molar-refractivity contribution in [1.29, 1.82) is 0 Å². The second-order valence-electron chi connectivity index (χ2n) is 20.6. The van der Waals surface area contributed by atoms with Crippen molar-refractivity contribution in [2.75, 3.05) is 13.2 Å². The third kappa shape index (κ3) is 6.29. The van der Waals surface area contributed by atoms with Crippen LogP contribution >= 0.6 is 0 Å². The fourth-order valence-corrected chi connectivity index (χ4v) is 13.6. The minimum atomic E-state index is -1.77. The summed E-state index contributed by atoms with van der Waals surface area (Å²) in [4.78, 5) is 28.1. The van der Waals surface area contributed by atoms with Crippen LogP contribution in [0.1, 0.15) is 99.3 Å². The lowest BCUT2D eigenvalue weighted by molar-refractivity contribution is -0.340. The number of carbonyl (C=O) groups excluding carboxylic acids is 1. The third-order valence-electron chi connectivity index (χ3n) is 17.3. The molecular formula is C42H66O16. The largest absolute Gasteiger partial charge is 0.481 e. The Morgan fingerprint density at radius 2 is 1.29 bits per heavy atom. The lowest BCUT2D eigenvalue weighted by atomic mass is 9.33. The lowest BCUT2D eigenvalue weighted by Crippen LogP contribution is -2.70. The van der Waals surface area contributed by atoms with Crippen molar-refractivity contribution in [3.8, 4) is 0 Å². The molecule has 0 aromatic heterocycles. The zero-order valence-electron chi connectivity index (χ0n) is 34.4. The summed E-state index contributed by atoms with van der Waals surface area (Å²) in [5, 5.41) is 106. The van der Waals surface area contributed by atoms with Gasteiger partial charge >= 0.3 is 11.9 Å². The monoisotopic (exact) mass is 826 g/mol. The summed E-state index contributed by atoms with van der Waals surface area (Å²) in [5.74, 6) is -2.59. The SMILES string of the molecule is CC1(C)CC[C@]2(C(=O)OC3OC(CO)C(O)C(O)C3O)CCC3(C)C(=CCC4[C@@]5(C)C[C@H](O)[C@H](OC6OC(CO)C(O)C(O)C6O)[C@@](C)(C(=O)O)C5CC[C@]43C)C2C1. The first-order valence-corrected chi connectivity index (χ1v) is 21.1. The fourth-order valence-electron chi connectivity index (χ4n) is 13.6. The number of hydrogen-bond donors (Lipinski definition) is 10. The van der Waals surface area contributed by atoms with Gasteiger partial charge in [-0.1, -0.05) is 46.3 Å². The van der Waals surface area contributed by atoms with E-state index >= 15 is 0 Å². The van der Waals surface area contributed by atoms with E-state index in [4.69, 9.17) is 18.9 Å². The molecule has 2 saturated heterocycles. The van der Waals surface area contributed by atoms with Crippen LogP contribution in [0, 0.1) is 50.2 Å². The highest BCUT2D eigenvalue weighted by Gasteiger charge is 2.73. The van der Waals surface area contributed by atoms with E-state index in [0.29, 0.717) is 44.9 Å². The number of fused-ring (bicyclic) bond motifs is 7. The molecule has 0 amide bonds. The molecule has 7 rings (SSSR count). The maximum Gasteiger partial charge on any atom is 0.315 e. The van der Waals surface area contributed by atoms with Gasteiger partial charge < -0.3 is 70.0 Å². The van der Waals surface area contributed by atoms with E-state index < -0.39 is 132 Å². The maximum atomic E-state index is 14.6. The number of aliphatic carboxylic acids is 1. The fraction of sp³-hybridized carbons (Fsp3) is 0.905. The molecule has 7 aliphatic rings. The van der Waals surface area contributed by atoms with Gasteiger partial charge in [-0.15, -0.1) is 0 Å². The molecule has 16 nitrogen and oxygen atoms in total. The number of carboxylic acids is 1. The van der Waals surface area contributed by atoms with Crippen LogP contribution in [0.25, 0.3) is 0 Å². The third-order valence-corrected chi connectivity index (χ3v) is 17.3. The highest BCUT2D eigenvalue weighted by Crippen LogP contribution is 2.76. The first kappa shape index (κ1) is 44.3. The normalized spacial score (nSPS) is 53.8. The highest BCUT2D eigenvalue weighted by molar-refractivity contribution is 5.79. The minimum Gasteiger partial charge on any atom is -0.481 e. The van der Waals surface area contributed by atoms with Crippen LogP contribution in [0.4, 0.5) is 0 Å². The predicted octanol–water partition coefficient (Wildman–Crippen LogP) is 0.352. The second kappa shape index (κ2) is 14.9. The van der Waals surface area contributed by atoms with Crippen LogP contribution in [-0.2, 0) is 28.5 Å². The minimum absolute atomic E-state index is 0.0980. The van der Waals surface area contributed by atoms with Crippen molar-refractivity contribution >= 4 is 11.9 Å². The number of aliphatic hydroxyl groups is 9. The molecule has 0 spiro atoms. The van der Waals surface area contributed by atoms with Gasteiger partial charge in [-0.2, -0.15) is 0 Å². The number of carbonyl (C=O) groups is 2. The van der Waals surface area contributed by atoms with Crippen molar-refractivity contribution in [2.45, 2.75) is 173 Å². The van der Waals surface area contributed by atoms with Gasteiger partial charge in [0.25, 0.3) is 0 Å². The predicted molar refractivity (Wildman–Crippen MR) is 201 cm³/mol. The van der Waals surface area contributed by atoms with E-state index in [1.807, 2.05) is 0 Å². The van der Waals surface area contributed by atoms with Gasteiger partial charge in [0.15, 0.2) is 6.29 Å². The zero-order valence-corrected chi connectivity index (χ0v) is 34.4. The average molecular weight is 827 g/mol. The summed E-state index contributed by atoms with van der Waals surface area (Å²) in [6.45, 7) is 11.2. The number of allylic oxidation sites excluding steroid dienone is 2. The van der Waals surface area contributed by atoms with Gasteiger partial charge in [0.1, 0.15) is 54.9 Å². The molecule has 10 N–H and O–H groups in total. The number of ether oxygens (including phenoxy) is 4. The summed E-state index contributed by atoms with van der Waals surface area (Å²) >= 11 is 0. The summed E-state index contributed by atoms with van der Waals surface area (Å²) < 4.78 is 23.3. The smallest absolute Gasteiger partial charge is 0.315 e. The average Bonchev–Trinajstić information content (AvgIpc) is 3.16. The molecule has 4 saturated carbocycles. The van der Waals surface area contributed by atoms with Crippen LogP contribution in [0.2, 0.25) is 0 Å². The molecule has 58 heavy (non-hydrogen) atoms. The van der Waals surface area contributed by atoms with Gasteiger partial charge in [0, 0.05) is 0 Å². The molecule has 14 unspecified atom stereocenters. The Hall–Kier alpha value is -1.80. The van der Waals surface area contributed by atoms with Gasteiger partial charge in [-0.25, -0.2) is 0 Å². The van der Waals surface area contributed by atoms with E-state index in [1.165, 1.54) is 0 Å². The Labute approximate surface area is 339 Å². The Bertz CT molecular complexity index is 1620. The highest BCUT2D eigenvalue weighted by atomic mass is 16.7. The molecule has 5 aliphatic carbocycles. The summed E-state index contributed by atoms with van der Waals surface area (Å²) in [5.41, 5.74) is -3.18. The molecule has 2 heterocycles. The van der Waals surface area contributed by atoms with Crippen LogP contribution in [-0.4, -0.2) is 150 Å². The molecule has 0 aromatic rings. The Morgan fingerprint density at radius 3 is 1.88 bits per heavy atom. The lowest BCUT2D eigenvalue weighted by Gasteiger charge is -2.71. The van der Waals surface area contributed by atoms with Crippen LogP contribution < -0.4 is 0 Å². The number of aliphatic hydroxyl groups excluding tert-OH is 9. The van der Waals surface area contributed by atoms with E-state index in [2.05, 4.69) is 40.7 Å². The molecule has 2 aliphatic heterocycles. The van der Waals surface area contributed by atoms with E-state index in [1.54, 1.807) is 6.92 Å². The van der Waals surface area contributed by atoms with Crippen molar-refractivity contribution < 1.29 is 79.6 Å².